The summed E-state index contributed by atoms with van der Waals surface area (Å²) in [5, 5.41) is 23.3. The number of aliphatic hydroxyl groups is 1. The van der Waals surface area contributed by atoms with Crippen molar-refractivity contribution < 1.29 is 10.2 Å². The summed E-state index contributed by atoms with van der Waals surface area (Å²) < 4.78 is 0. The summed E-state index contributed by atoms with van der Waals surface area (Å²) in [5.41, 5.74) is 0.650. The van der Waals surface area contributed by atoms with Gasteiger partial charge < -0.3 is 15.5 Å². The van der Waals surface area contributed by atoms with Crippen LogP contribution in [-0.2, 0) is 6.54 Å². The molecule has 0 spiro atoms. The lowest BCUT2D eigenvalue weighted by Gasteiger charge is -2.26. The van der Waals surface area contributed by atoms with Crippen molar-refractivity contribution in [1.29, 1.82) is 0 Å². The molecular formula is C14H21Cl2NO2. The minimum absolute atomic E-state index is 0.0217. The number of halogens is 2. The summed E-state index contributed by atoms with van der Waals surface area (Å²) in [5.74, 6) is 0.0619. The lowest BCUT2D eigenvalue weighted by Crippen LogP contribution is -2.31. The zero-order valence-electron chi connectivity index (χ0n) is 11.5. The molecule has 1 rings (SSSR count). The van der Waals surface area contributed by atoms with Gasteiger partial charge in [0.25, 0.3) is 0 Å². The first-order chi connectivity index (χ1) is 8.71. The standard InChI is InChI=1S/C14H21Cl2NO2/c1-9(18)6-14(2,3)8-17-7-10-4-11(15)5-12(16)13(10)19/h4-5,9,17-19H,6-8H2,1-3H3. The summed E-state index contributed by atoms with van der Waals surface area (Å²) in [6.45, 7) is 7.15. The fourth-order valence-electron chi connectivity index (χ4n) is 2.16. The van der Waals surface area contributed by atoms with Gasteiger partial charge in [-0.15, -0.1) is 0 Å². The Kier molecular flexibility index (Phi) is 5.93. The van der Waals surface area contributed by atoms with E-state index < -0.39 is 0 Å². The van der Waals surface area contributed by atoms with Crippen LogP contribution in [0, 0.1) is 5.41 Å². The van der Waals surface area contributed by atoms with Crippen molar-refractivity contribution in [3.05, 3.63) is 27.7 Å². The molecule has 1 atom stereocenters. The topological polar surface area (TPSA) is 52.5 Å². The van der Waals surface area contributed by atoms with E-state index in [2.05, 4.69) is 19.2 Å². The highest BCUT2D eigenvalue weighted by atomic mass is 35.5. The second-order valence-electron chi connectivity index (χ2n) is 5.72. The van der Waals surface area contributed by atoms with Crippen LogP contribution in [0.2, 0.25) is 10.0 Å². The number of phenols is 1. The van der Waals surface area contributed by atoms with Crippen molar-refractivity contribution in [3.8, 4) is 5.75 Å². The Labute approximate surface area is 124 Å². The number of aliphatic hydroxyl groups excluding tert-OH is 1. The fraction of sp³-hybridized carbons (Fsp3) is 0.571. The van der Waals surface area contributed by atoms with Gasteiger partial charge in [0, 0.05) is 23.7 Å². The lowest BCUT2D eigenvalue weighted by molar-refractivity contribution is 0.128. The second-order valence-corrected chi connectivity index (χ2v) is 6.56. The Balaban J connectivity index is 2.58. The first-order valence-electron chi connectivity index (χ1n) is 6.27. The van der Waals surface area contributed by atoms with Crippen molar-refractivity contribution in [3.63, 3.8) is 0 Å². The van der Waals surface area contributed by atoms with E-state index >= 15 is 0 Å². The van der Waals surface area contributed by atoms with Crippen LogP contribution in [0.5, 0.6) is 5.75 Å². The highest BCUT2D eigenvalue weighted by molar-refractivity contribution is 6.35. The molecule has 1 aromatic carbocycles. The van der Waals surface area contributed by atoms with Crippen LogP contribution in [0.15, 0.2) is 12.1 Å². The molecule has 0 saturated carbocycles. The monoisotopic (exact) mass is 305 g/mol. The molecule has 0 bridgehead atoms. The van der Waals surface area contributed by atoms with E-state index in [1.807, 2.05) is 0 Å². The first-order valence-corrected chi connectivity index (χ1v) is 7.02. The fourth-order valence-corrected chi connectivity index (χ4v) is 2.70. The van der Waals surface area contributed by atoms with Gasteiger partial charge in [0.1, 0.15) is 5.75 Å². The molecule has 1 unspecified atom stereocenters. The highest BCUT2D eigenvalue weighted by Gasteiger charge is 2.20. The lowest BCUT2D eigenvalue weighted by atomic mass is 9.87. The van der Waals surface area contributed by atoms with Gasteiger partial charge in [-0.2, -0.15) is 0 Å². The molecule has 0 aliphatic rings. The zero-order valence-corrected chi connectivity index (χ0v) is 13.0. The first kappa shape index (κ1) is 16.6. The van der Waals surface area contributed by atoms with Crippen molar-refractivity contribution in [2.75, 3.05) is 6.54 Å². The normalized spacial score (nSPS) is 13.6. The quantitative estimate of drug-likeness (QED) is 0.753. The predicted molar refractivity (Wildman–Crippen MR) is 79.9 cm³/mol. The van der Waals surface area contributed by atoms with E-state index in [4.69, 9.17) is 23.2 Å². The van der Waals surface area contributed by atoms with Crippen LogP contribution in [0.25, 0.3) is 0 Å². The van der Waals surface area contributed by atoms with E-state index in [1.54, 1.807) is 13.0 Å². The van der Waals surface area contributed by atoms with E-state index in [-0.39, 0.29) is 22.3 Å². The maximum Gasteiger partial charge on any atom is 0.138 e. The van der Waals surface area contributed by atoms with Gasteiger partial charge in [-0.3, -0.25) is 0 Å². The maximum atomic E-state index is 9.83. The molecule has 5 heteroatoms. The molecule has 0 heterocycles. The minimum Gasteiger partial charge on any atom is -0.506 e. The van der Waals surface area contributed by atoms with Crippen LogP contribution in [-0.4, -0.2) is 22.9 Å². The Morgan fingerprint density at radius 3 is 2.53 bits per heavy atom. The molecule has 0 aliphatic carbocycles. The second kappa shape index (κ2) is 6.80. The van der Waals surface area contributed by atoms with Crippen molar-refractivity contribution in [1.82, 2.24) is 5.32 Å². The number of aromatic hydroxyl groups is 1. The molecule has 0 amide bonds. The Morgan fingerprint density at radius 2 is 1.95 bits per heavy atom. The summed E-state index contributed by atoms with van der Waals surface area (Å²) in [7, 11) is 0. The summed E-state index contributed by atoms with van der Waals surface area (Å²) in [6, 6.07) is 3.21. The van der Waals surface area contributed by atoms with Crippen molar-refractivity contribution in [2.45, 2.75) is 39.8 Å². The van der Waals surface area contributed by atoms with Gasteiger partial charge in [-0.25, -0.2) is 0 Å². The Morgan fingerprint density at radius 1 is 1.32 bits per heavy atom. The minimum atomic E-state index is -0.328. The number of hydrogen-bond acceptors (Lipinski definition) is 3. The van der Waals surface area contributed by atoms with Gasteiger partial charge >= 0.3 is 0 Å². The maximum absolute atomic E-state index is 9.83. The van der Waals surface area contributed by atoms with Gasteiger partial charge in [0.2, 0.25) is 0 Å². The molecule has 0 aromatic heterocycles. The molecular weight excluding hydrogens is 285 g/mol. The molecule has 0 saturated heterocycles. The van der Waals surface area contributed by atoms with Crippen molar-refractivity contribution >= 4 is 23.2 Å². The third-order valence-electron chi connectivity index (χ3n) is 2.87. The van der Waals surface area contributed by atoms with Crippen LogP contribution >= 0.6 is 23.2 Å². The number of phenolic OH excluding ortho intramolecular Hbond substituents is 1. The van der Waals surface area contributed by atoms with Gasteiger partial charge in [-0.05, 0) is 30.9 Å². The average Bonchev–Trinajstić information content (AvgIpc) is 2.22. The van der Waals surface area contributed by atoms with Crippen LogP contribution < -0.4 is 5.32 Å². The molecule has 1 aromatic rings. The predicted octanol–water partition coefficient (Wildman–Crippen LogP) is 3.59. The number of rotatable bonds is 6. The largest absolute Gasteiger partial charge is 0.506 e. The van der Waals surface area contributed by atoms with E-state index in [0.29, 0.717) is 23.6 Å². The summed E-state index contributed by atoms with van der Waals surface area (Å²) in [4.78, 5) is 0. The number of benzene rings is 1. The van der Waals surface area contributed by atoms with Crippen LogP contribution in [0.4, 0.5) is 0 Å². The molecule has 3 nitrogen and oxygen atoms in total. The van der Waals surface area contributed by atoms with Crippen LogP contribution in [0.3, 0.4) is 0 Å². The third-order valence-corrected chi connectivity index (χ3v) is 3.38. The van der Waals surface area contributed by atoms with Gasteiger partial charge in [0.05, 0.1) is 11.1 Å². The van der Waals surface area contributed by atoms with Gasteiger partial charge in [-0.1, -0.05) is 37.0 Å². The molecule has 0 fully saturated rings. The Hall–Kier alpha value is -0.480. The molecule has 0 radical (unpaired) electrons. The third kappa shape index (κ3) is 5.57. The van der Waals surface area contributed by atoms with Crippen molar-refractivity contribution in [2.24, 2.45) is 5.41 Å². The summed E-state index contributed by atoms with van der Waals surface area (Å²) >= 11 is 11.8. The average molecular weight is 306 g/mol. The van der Waals surface area contributed by atoms with Gasteiger partial charge in [0.15, 0.2) is 0 Å². The molecule has 19 heavy (non-hydrogen) atoms. The van der Waals surface area contributed by atoms with E-state index in [0.717, 1.165) is 6.54 Å². The SMILES string of the molecule is CC(O)CC(C)(C)CNCc1cc(Cl)cc(Cl)c1O. The molecule has 0 aliphatic heterocycles. The summed E-state index contributed by atoms with van der Waals surface area (Å²) in [6.07, 6.45) is 0.383. The number of nitrogens with one attached hydrogen (secondary N) is 1. The smallest absolute Gasteiger partial charge is 0.138 e. The number of hydrogen-bond donors (Lipinski definition) is 3. The molecule has 108 valence electrons. The van der Waals surface area contributed by atoms with Crippen LogP contribution in [0.1, 0.15) is 32.8 Å². The Bertz CT molecular complexity index is 434. The highest BCUT2D eigenvalue weighted by Crippen LogP contribution is 2.31. The van der Waals surface area contributed by atoms with E-state index in [9.17, 15) is 10.2 Å². The van der Waals surface area contributed by atoms with E-state index in [1.165, 1.54) is 6.07 Å². The zero-order chi connectivity index (χ0) is 14.6. The molecule has 3 N–H and O–H groups in total.